The summed E-state index contributed by atoms with van der Waals surface area (Å²) in [6, 6.07) is 0. The van der Waals surface area contributed by atoms with E-state index in [4.69, 9.17) is 5.11 Å². The average molecular weight is 275 g/mol. The molecule has 0 atom stereocenters. The molecule has 1 aliphatic carbocycles. The maximum atomic E-state index is 11.9. The number of aromatic carboxylic acids is 1. The van der Waals surface area contributed by atoms with Crippen molar-refractivity contribution < 1.29 is 15.0 Å². The molecule has 0 bridgehead atoms. The second-order valence-corrected chi connectivity index (χ2v) is 4.83. The zero-order valence-electron chi connectivity index (χ0n) is 10.8. The highest BCUT2D eigenvalue weighted by molar-refractivity contribution is 5.92. The van der Waals surface area contributed by atoms with Crippen molar-refractivity contribution in [2.45, 2.75) is 19.3 Å². The number of aromatic nitrogens is 3. The average Bonchev–Trinajstić information content (AvgIpc) is 2.63. The zero-order valence-corrected chi connectivity index (χ0v) is 10.8. The molecule has 7 heteroatoms. The maximum absolute atomic E-state index is 11.9. The van der Waals surface area contributed by atoms with E-state index >= 15 is 0 Å². The van der Waals surface area contributed by atoms with Crippen LogP contribution < -0.4 is 5.56 Å². The molecule has 1 aliphatic rings. The Bertz CT molecular complexity index is 773. The number of hydrogen-bond acceptors (Lipinski definition) is 4. The molecule has 7 nitrogen and oxygen atoms in total. The minimum Gasteiger partial charge on any atom is -0.506 e. The van der Waals surface area contributed by atoms with Crippen LogP contribution in [-0.2, 0) is 19.9 Å². The first kappa shape index (κ1) is 12.5. The van der Waals surface area contributed by atoms with Gasteiger partial charge >= 0.3 is 5.97 Å². The van der Waals surface area contributed by atoms with E-state index in [1.165, 1.54) is 0 Å². The molecule has 2 heterocycles. The number of H-pyrrole nitrogens is 1. The lowest BCUT2D eigenvalue weighted by Crippen LogP contribution is -2.20. The monoisotopic (exact) mass is 275 g/mol. The molecule has 2 aromatic heterocycles. The Hall–Kier alpha value is -2.57. The third-order valence-electron chi connectivity index (χ3n) is 3.63. The minimum absolute atomic E-state index is 0.440. The number of carboxylic acids is 1. The van der Waals surface area contributed by atoms with Crippen LogP contribution in [0.15, 0.2) is 11.0 Å². The molecular weight excluding hydrogens is 262 g/mol. The van der Waals surface area contributed by atoms with Gasteiger partial charge in [0.25, 0.3) is 5.56 Å². The molecule has 2 aromatic rings. The van der Waals surface area contributed by atoms with E-state index in [-0.39, 0.29) is 0 Å². The summed E-state index contributed by atoms with van der Waals surface area (Å²) in [5.74, 6) is -1.87. The number of nitrogens with one attached hydrogen (secondary N) is 1. The molecule has 0 radical (unpaired) electrons. The SMILES string of the molecule is Cn1ncc2c1-c1[nH]c(=O)c(C(=O)O)c(O)c1CCC2. The predicted octanol–water partition coefficient (Wildman–Crippen LogP) is 0.668. The van der Waals surface area contributed by atoms with Crippen LogP contribution >= 0.6 is 0 Å². The fourth-order valence-electron chi connectivity index (χ4n) is 2.72. The fraction of sp³-hybridized carbons (Fsp3) is 0.308. The van der Waals surface area contributed by atoms with E-state index in [1.54, 1.807) is 17.9 Å². The number of hydrogen-bond donors (Lipinski definition) is 3. The largest absolute Gasteiger partial charge is 0.506 e. The number of carbonyl (C=O) groups is 1. The molecular formula is C13H13N3O4. The zero-order chi connectivity index (χ0) is 14.4. The molecule has 0 saturated carbocycles. The van der Waals surface area contributed by atoms with Gasteiger partial charge in [0.05, 0.1) is 17.6 Å². The smallest absolute Gasteiger partial charge is 0.345 e. The fourth-order valence-corrected chi connectivity index (χ4v) is 2.72. The lowest BCUT2D eigenvalue weighted by Gasteiger charge is -2.11. The molecule has 0 unspecified atom stereocenters. The molecule has 0 amide bonds. The van der Waals surface area contributed by atoms with E-state index in [0.717, 1.165) is 24.1 Å². The Labute approximate surface area is 113 Å². The third kappa shape index (κ3) is 1.63. The number of rotatable bonds is 1. The first-order valence-electron chi connectivity index (χ1n) is 6.23. The van der Waals surface area contributed by atoms with E-state index in [2.05, 4.69) is 10.1 Å². The van der Waals surface area contributed by atoms with Crippen molar-refractivity contribution in [2.75, 3.05) is 0 Å². The topological polar surface area (TPSA) is 108 Å². The Kier molecular flexibility index (Phi) is 2.63. The molecule has 104 valence electrons. The maximum Gasteiger partial charge on any atom is 0.345 e. The molecule has 3 N–H and O–H groups in total. The Morgan fingerprint density at radius 1 is 1.45 bits per heavy atom. The quantitative estimate of drug-likeness (QED) is 0.708. The number of carboxylic acid groups (broad SMARTS) is 1. The van der Waals surface area contributed by atoms with Crippen LogP contribution in [0.2, 0.25) is 0 Å². The van der Waals surface area contributed by atoms with Crippen LogP contribution in [0.3, 0.4) is 0 Å². The van der Waals surface area contributed by atoms with Gasteiger partial charge in [0.15, 0.2) is 5.56 Å². The van der Waals surface area contributed by atoms with Gasteiger partial charge in [-0.25, -0.2) is 4.79 Å². The van der Waals surface area contributed by atoms with Gasteiger partial charge in [-0.1, -0.05) is 0 Å². The standard InChI is InChI=1S/C13H13N3O4/c1-16-10-6(5-14-16)3-2-4-7-9(10)15-12(18)8(11(7)17)13(19)20/h5H,2-4H2,1H3,(H,19,20)(H2,15,17,18). The van der Waals surface area contributed by atoms with Crippen molar-refractivity contribution in [2.24, 2.45) is 7.05 Å². The van der Waals surface area contributed by atoms with Crippen LogP contribution in [0.1, 0.15) is 27.9 Å². The second-order valence-electron chi connectivity index (χ2n) is 4.83. The third-order valence-corrected chi connectivity index (χ3v) is 3.63. The van der Waals surface area contributed by atoms with Crippen molar-refractivity contribution in [3.05, 3.63) is 33.2 Å². The summed E-state index contributed by atoms with van der Waals surface area (Å²) in [6.07, 6.45) is 3.75. The highest BCUT2D eigenvalue weighted by Gasteiger charge is 2.26. The summed E-state index contributed by atoms with van der Waals surface area (Å²) >= 11 is 0. The number of nitrogens with zero attached hydrogens (tertiary/aromatic N) is 2. The Balaban J connectivity index is 2.38. The van der Waals surface area contributed by atoms with Crippen LogP contribution in [0, 0.1) is 0 Å². The number of aromatic hydroxyl groups is 1. The van der Waals surface area contributed by atoms with Crippen LogP contribution in [0.4, 0.5) is 0 Å². The van der Waals surface area contributed by atoms with Crippen molar-refractivity contribution in [3.63, 3.8) is 0 Å². The normalized spacial score (nSPS) is 13.4. The van der Waals surface area contributed by atoms with Crippen LogP contribution in [0.5, 0.6) is 5.75 Å². The lowest BCUT2D eigenvalue weighted by molar-refractivity contribution is 0.0691. The van der Waals surface area contributed by atoms with Gasteiger partial charge in [-0.3, -0.25) is 9.48 Å². The summed E-state index contributed by atoms with van der Waals surface area (Å²) in [7, 11) is 1.74. The van der Waals surface area contributed by atoms with E-state index < -0.39 is 22.8 Å². The summed E-state index contributed by atoms with van der Waals surface area (Å²) in [4.78, 5) is 25.5. The van der Waals surface area contributed by atoms with Gasteiger partial charge in [0.2, 0.25) is 0 Å². The Morgan fingerprint density at radius 2 is 2.20 bits per heavy atom. The van der Waals surface area contributed by atoms with Gasteiger partial charge in [-0.05, 0) is 24.8 Å². The second kappa shape index (κ2) is 4.22. The summed E-state index contributed by atoms with van der Waals surface area (Å²) in [6.45, 7) is 0. The van der Waals surface area contributed by atoms with Crippen molar-refractivity contribution in [1.82, 2.24) is 14.8 Å². The van der Waals surface area contributed by atoms with Gasteiger partial charge in [0.1, 0.15) is 5.75 Å². The molecule has 0 aliphatic heterocycles. The molecule has 0 aromatic carbocycles. The van der Waals surface area contributed by atoms with E-state index in [1.807, 2.05) is 0 Å². The molecule has 3 rings (SSSR count). The summed E-state index contributed by atoms with van der Waals surface area (Å²) in [5.41, 5.74) is 1.22. The van der Waals surface area contributed by atoms with Gasteiger partial charge in [0, 0.05) is 12.6 Å². The van der Waals surface area contributed by atoms with E-state index in [0.29, 0.717) is 17.7 Å². The molecule has 0 saturated heterocycles. The first-order chi connectivity index (χ1) is 9.50. The van der Waals surface area contributed by atoms with Gasteiger partial charge in [-0.15, -0.1) is 0 Å². The van der Waals surface area contributed by atoms with Crippen LogP contribution in [0.25, 0.3) is 11.4 Å². The molecule has 0 spiro atoms. The molecule has 20 heavy (non-hydrogen) atoms. The molecule has 0 fully saturated rings. The highest BCUT2D eigenvalue weighted by Crippen LogP contribution is 2.35. The minimum atomic E-state index is -1.43. The van der Waals surface area contributed by atoms with E-state index in [9.17, 15) is 14.7 Å². The lowest BCUT2D eigenvalue weighted by atomic mass is 10.0. The van der Waals surface area contributed by atoms with Crippen molar-refractivity contribution >= 4 is 5.97 Å². The van der Waals surface area contributed by atoms with Crippen molar-refractivity contribution in [3.8, 4) is 17.1 Å². The number of aryl methyl sites for hydroxylation is 2. The number of aromatic amines is 1. The summed E-state index contributed by atoms with van der Waals surface area (Å²) in [5, 5.41) is 23.3. The first-order valence-corrected chi connectivity index (χ1v) is 6.23. The predicted molar refractivity (Wildman–Crippen MR) is 69.9 cm³/mol. The number of fused-ring (bicyclic) bond motifs is 3. The van der Waals surface area contributed by atoms with Gasteiger partial charge < -0.3 is 15.2 Å². The Morgan fingerprint density at radius 3 is 2.90 bits per heavy atom. The number of pyridine rings is 1. The van der Waals surface area contributed by atoms with Gasteiger partial charge in [-0.2, -0.15) is 5.10 Å². The highest BCUT2D eigenvalue weighted by atomic mass is 16.4. The van der Waals surface area contributed by atoms with Crippen LogP contribution in [-0.4, -0.2) is 30.9 Å². The van der Waals surface area contributed by atoms with Crippen molar-refractivity contribution in [1.29, 1.82) is 0 Å². The summed E-state index contributed by atoms with van der Waals surface area (Å²) < 4.78 is 1.62.